The Morgan fingerprint density at radius 3 is 2.21 bits per heavy atom. The second-order valence-corrected chi connectivity index (χ2v) is 5.38. The maximum absolute atomic E-state index is 12.5. The van der Waals surface area contributed by atoms with Gasteiger partial charge in [0.05, 0.1) is 0 Å². The van der Waals surface area contributed by atoms with E-state index in [2.05, 4.69) is 0 Å². The SMILES string of the molecule is CC(C)(Cc1ccccc1O)C(=O)c1ccccc1. The van der Waals surface area contributed by atoms with Crippen molar-refractivity contribution in [1.29, 1.82) is 0 Å². The van der Waals surface area contributed by atoms with Crippen LogP contribution in [0.15, 0.2) is 54.6 Å². The van der Waals surface area contributed by atoms with Crippen molar-refractivity contribution in [3.05, 3.63) is 65.7 Å². The van der Waals surface area contributed by atoms with Crippen LogP contribution in [0.4, 0.5) is 0 Å². The van der Waals surface area contributed by atoms with E-state index in [1.807, 2.05) is 56.3 Å². The Kier molecular flexibility index (Phi) is 3.70. The summed E-state index contributed by atoms with van der Waals surface area (Å²) in [6, 6.07) is 16.4. The third-order valence-corrected chi connectivity index (χ3v) is 3.27. The standard InChI is InChI=1S/C17H18O2/c1-17(2,12-14-10-6-7-11-15(14)18)16(19)13-8-4-3-5-9-13/h3-11,18H,12H2,1-2H3. The van der Waals surface area contributed by atoms with Crippen LogP contribution in [0.5, 0.6) is 5.75 Å². The van der Waals surface area contributed by atoms with Gasteiger partial charge in [-0.05, 0) is 18.1 Å². The van der Waals surface area contributed by atoms with Gasteiger partial charge in [-0.2, -0.15) is 0 Å². The Hall–Kier alpha value is -2.09. The van der Waals surface area contributed by atoms with Gasteiger partial charge in [-0.1, -0.05) is 62.4 Å². The molecule has 1 N–H and O–H groups in total. The fraction of sp³-hybridized carbons (Fsp3) is 0.235. The Balaban J connectivity index is 2.24. The zero-order chi connectivity index (χ0) is 13.9. The fourth-order valence-electron chi connectivity index (χ4n) is 2.20. The molecule has 0 heterocycles. The number of benzene rings is 2. The normalized spacial score (nSPS) is 11.3. The highest BCUT2D eigenvalue weighted by atomic mass is 16.3. The number of carbonyl (C=O) groups excluding carboxylic acids is 1. The molecule has 0 spiro atoms. The van der Waals surface area contributed by atoms with Crippen molar-refractivity contribution in [3.8, 4) is 5.75 Å². The predicted octanol–water partition coefficient (Wildman–Crippen LogP) is 3.84. The molecule has 0 aliphatic carbocycles. The summed E-state index contributed by atoms with van der Waals surface area (Å²) in [6.07, 6.45) is 0.521. The van der Waals surface area contributed by atoms with Crippen molar-refractivity contribution >= 4 is 5.78 Å². The molecule has 2 rings (SSSR count). The Morgan fingerprint density at radius 1 is 1.00 bits per heavy atom. The lowest BCUT2D eigenvalue weighted by Gasteiger charge is -2.23. The van der Waals surface area contributed by atoms with Crippen molar-refractivity contribution in [1.82, 2.24) is 0 Å². The third kappa shape index (κ3) is 3.02. The second-order valence-electron chi connectivity index (χ2n) is 5.38. The van der Waals surface area contributed by atoms with Gasteiger partial charge in [-0.15, -0.1) is 0 Å². The maximum Gasteiger partial charge on any atom is 0.168 e. The lowest BCUT2D eigenvalue weighted by atomic mass is 9.79. The van der Waals surface area contributed by atoms with Crippen LogP contribution in [-0.4, -0.2) is 10.9 Å². The van der Waals surface area contributed by atoms with Crippen LogP contribution in [0.2, 0.25) is 0 Å². The molecule has 0 aromatic heterocycles. The average molecular weight is 254 g/mol. The van der Waals surface area contributed by atoms with Gasteiger partial charge < -0.3 is 5.11 Å². The highest BCUT2D eigenvalue weighted by Gasteiger charge is 2.29. The van der Waals surface area contributed by atoms with Gasteiger partial charge in [0.15, 0.2) is 5.78 Å². The first kappa shape index (κ1) is 13.3. The van der Waals surface area contributed by atoms with Crippen molar-refractivity contribution in [2.75, 3.05) is 0 Å². The van der Waals surface area contributed by atoms with Crippen LogP contribution in [-0.2, 0) is 6.42 Å². The predicted molar refractivity (Wildman–Crippen MR) is 76.4 cm³/mol. The quantitative estimate of drug-likeness (QED) is 0.842. The van der Waals surface area contributed by atoms with Crippen LogP contribution in [0.25, 0.3) is 0 Å². The van der Waals surface area contributed by atoms with Crippen LogP contribution in [0.1, 0.15) is 29.8 Å². The summed E-state index contributed by atoms with van der Waals surface area (Å²) in [6.45, 7) is 3.82. The molecule has 19 heavy (non-hydrogen) atoms. The smallest absolute Gasteiger partial charge is 0.168 e. The molecule has 0 amide bonds. The Labute approximate surface area is 113 Å². The number of carbonyl (C=O) groups is 1. The summed E-state index contributed by atoms with van der Waals surface area (Å²) in [7, 11) is 0. The van der Waals surface area contributed by atoms with Crippen molar-refractivity contribution in [2.45, 2.75) is 20.3 Å². The second kappa shape index (κ2) is 5.27. The lowest BCUT2D eigenvalue weighted by molar-refractivity contribution is 0.0837. The van der Waals surface area contributed by atoms with Crippen molar-refractivity contribution in [3.63, 3.8) is 0 Å². The van der Waals surface area contributed by atoms with Crippen molar-refractivity contribution in [2.24, 2.45) is 5.41 Å². The van der Waals surface area contributed by atoms with Gasteiger partial charge in [0.25, 0.3) is 0 Å². The summed E-state index contributed by atoms with van der Waals surface area (Å²) in [4.78, 5) is 12.5. The van der Waals surface area contributed by atoms with Gasteiger partial charge in [-0.3, -0.25) is 4.79 Å². The highest BCUT2D eigenvalue weighted by Crippen LogP contribution is 2.30. The molecule has 2 aromatic rings. The average Bonchev–Trinajstić information content (AvgIpc) is 2.41. The molecule has 0 saturated heterocycles. The van der Waals surface area contributed by atoms with Crippen LogP contribution >= 0.6 is 0 Å². The molecule has 0 aliphatic heterocycles. The molecule has 0 bridgehead atoms. The van der Waals surface area contributed by atoms with Gasteiger partial charge in [0.1, 0.15) is 5.75 Å². The van der Waals surface area contributed by atoms with E-state index < -0.39 is 5.41 Å². The molecule has 98 valence electrons. The minimum absolute atomic E-state index is 0.0938. The molecule has 2 nitrogen and oxygen atoms in total. The first-order valence-corrected chi connectivity index (χ1v) is 6.37. The summed E-state index contributed by atoms with van der Waals surface area (Å²) in [5, 5.41) is 9.81. The minimum Gasteiger partial charge on any atom is -0.508 e. The molecular formula is C17H18O2. The number of phenols is 1. The monoisotopic (exact) mass is 254 g/mol. The third-order valence-electron chi connectivity index (χ3n) is 3.27. The van der Waals surface area contributed by atoms with E-state index >= 15 is 0 Å². The molecular weight excluding hydrogens is 236 g/mol. The van der Waals surface area contributed by atoms with E-state index in [-0.39, 0.29) is 11.5 Å². The Morgan fingerprint density at radius 2 is 1.58 bits per heavy atom. The van der Waals surface area contributed by atoms with Crippen molar-refractivity contribution < 1.29 is 9.90 Å². The highest BCUT2D eigenvalue weighted by molar-refractivity contribution is 6.00. The number of ketones is 1. The number of hydrogen-bond acceptors (Lipinski definition) is 2. The molecule has 0 unspecified atom stereocenters. The molecule has 2 aromatic carbocycles. The molecule has 0 radical (unpaired) electrons. The summed E-state index contributed by atoms with van der Waals surface area (Å²) in [5.41, 5.74) is 0.972. The number of para-hydroxylation sites is 1. The first-order chi connectivity index (χ1) is 9.00. The Bertz CT molecular complexity index is 571. The first-order valence-electron chi connectivity index (χ1n) is 6.37. The van der Waals surface area contributed by atoms with E-state index in [0.717, 1.165) is 5.56 Å². The number of aromatic hydroxyl groups is 1. The van der Waals surface area contributed by atoms with E-state index in [0.29, 0.717) is 12.0 Å². The van der Waals surface area contributed by atoms with Crippen LogP contribution in [0, 0.1) is 5.41 Å². The zero-order valence-corrected chi connectivity index (χ0v) is 11.3. The van der Waals surface area contributed by atoms with E-state index in [9.17, 15) is 9.90 Å². The number of Topliss-reactive ketones (excluding diaryl/α,β-unsaturated/α-hetero) is 1. The van der Waals surface area contributed by atoms with E-state index in [1.54, 1.807) is 12.1 Å². The van der Waals surface area contributed by atoms with E-state index in [1.165, 1.54) is 0 Å². The number of hydrogen-bond donors (Lipinski definition) is 1. The van der Waals surface area contributed by atoms with Gasteiger partial charge in [0.2, 0.25) is 0 Å². The molecule has 2 heteroatoms. The topological polar surface area (TPSA) is 37.3 Å². The van der Waals surface area contributed by atoms with Crippen LogP contribution in [0.3, 0.4) is 0 Å². The number of rotatable bonds is 4. The van der Waals surface area contributed by atoms with Gasteiger partial charge in [-0.25, -0.2) is 0 Å². The minimum atomic E-state index is -0.541. The summed E-state index contributed by atoms with van der Waals surface area (Å²) >= 11 is 0. The molecule has 0 saturated carbocycles. The van der Waals surface area contributed by atoms with Gasteiger partial charge >= 0.3 is 0 Å². The number of phenolic OH excluding ortho intramolecular Hbond substituents is 1. The molecule has 0 aliphatic rings. The molecule has 0 atom stereocenters. The van der Waals surface area contributed by atoms with Gasteiger partial charge in [0, 0.05) is 11.0 Å². The summed E-state index contributed by atoms with van der Waals surface area (Å²) < 4.78 is 0. The largest absolute Gasteiger partial charge is 0.508 e. The fourth-order valence-corrected chi connectivity index (χ4v) is 2.20. The maximum atomic E-state index is 12.5. The lowest BCUT2D eigenvalue weighted by Crippen LogP contribution is -2.27. The van der Waals surface area contributed by atoms with E-state index in [4.69, 9.17) is 0 Å². The van der Waals surface area contributed by atoms with Crippen LogP contribution < -0.4 is 0 Å². The molecule has 0 fully saturated rings. The zero-order valence-electron chi connectivity index (χ0n) is 11.3. The summed E-state index contributed by atoms with van der Waals surface area (Å²) in [5.74, 6) is 0.341.